The van der Waals surface area contributed by atoms with Crippen molar-refractivity contribution in [2.24, 2.45) is 11.8 Å². The summed E-state index contributed by atoms with van der Waals surface area (Å²) in [6.45, 7) is 12.9. The van der Waals surface area contributed by atoms with Crippen LogP contribution in [-0.2, 0) is 6.54 Å². The molecule has 3 heterocycles. The number of aromatic nitrogens is 4. The molecule has 0 unspecified atom stereocenters. The average Bonchev–Trinajstić information content (AvgIpc) is 3.32. The van der Waals surface area contributed by atoms with E-state index in [-0.39, 0.29) is 11.9 Å². The molecule has 2 aromatic heterocycles. The number of aryl methyl sites for hydroxylation is 1. The Hall–Kier alpha value is -2.22. The number of amides is 1. The monoisotopic (exact) mass is 375 g/mol. The number of nitrogens with zero attached hydrogens (tertiary/aromatic N) is 5. The highest BCUT2D eigenvalue weighted by atomic mass is 16.3. The Balaban J connectivity index is 1.67. The van der Waals surface area contributed by atoms with Crippen LogP contribution in [0.15, 0.2) is 22.8 Å². The van der Waals surface area contributed by atoms with E-state index < -0.39 is 0 Å². The minimum absolute atomic E-state index is 0.0260. The summed E-state index contributed by atoms with van der Waals surface area (Å²) in [5.74, 6) is 2.38. The average molecular weight is 375 g/mol. The van der Waals surface area contributed by atoms with Gasteiger partial charge in [0, 0.05) is 12.5 Å². The minimum Gasteiger partial charge on any atom is -0.459 e. The van der Waals surface area contributed by atoms with Gasteiger partial charge in [-0.3, -0.25) is 4.79 Å². The SMILES string of the molecule is CC(C)CCn1nnnc1[C@H](C(C)C)[NH+]1CCN(C(=O)c2ccco2)CC1. The smallest absolute Gasteiger partial charge is 0.289 e. The molecule has 8 heteroatoms. The second kappa shape index (κ2) is 8.65. The van der Waals surface area contributed by atoms with Gasteiger partial charge >= 0.3 is 0 Å². The molecule has 1 fully saturated rings. The van der Waals surface area contributed by atoms with E-state index in [1.807, 2.05) is 9.58 Å². The number of carbonyl (C=O) groups is 1. The number of hydrogen-bond acceptors (Lipinski definition) is 5. The molecule has 0 radical (unpaired) electrons. The lowest BCUT2D eigenvalue weighted by Crippen LogP contribution is -3.15. The lowest BCUT2D eigenvalue weighted by Gasteiger charge is -2.37. The van der Waals surface area contributed by atoms with E-state index in [1.54, 1.807) is 18.4 Å². The van der Waals surface area contributed by atoms with Crippen molar-refractivity contribution < 1.29 is 14.1 Å². The highest BCUT2D eigenvalue weighted by Crippen LogP contribution is 2.17. The van der Waals surface area contributed by atoms with Crippen molar-refractivity contribution in [1.82, 2.24) is 25.1 Å². The van der Waals surface area contributed by atoms with Crippen LogP contribution in [0.4, 0.5) is 0 Å². The van der Waals surface area contributed by atoms with E-state index in [0.29, 0.717) is 30.7 Å². The van der Waals surface area contributed by atoms with Crippen LogP contribution >= 0.6 is 0 Å². The van der Waals surface area contributed by atoms with E-state index in [4.69, 9.17) is 4.42 Å². The number of quaternary nitrogens is 1. The topological polar surface area (TPSA) is 81.5 Å². The molecule has 8 nitrogen and oxygen atoms in total. The van der Waals surface area contributed by atoms with E-state index in [9.17, 15) is 4.79 Å². The maximum Gasteiger partial charge on any atom is 0.289 e. The van der Waals surface area contributed by atoms with Gasteiger partial charge < -0.3 is 14.2 Å². The molecule has 1 saturated heterocycles. The quantitative estimate of drug-likeness (QED) is 0.782. The van der Waals surface area contributed by atoms with Crippen LogP contribution in [0.5, 0.6) is 0 Å². The molecule has 0 bridgehead atoms. The number of tetrazole rings is 1. The van der Waals surface area contributed by atoms with Crippen molar-refractivity contribution in [3.05, 3.63) is 30.0 Å². The van der Waals surface area contributed by atoms with Gasteiger partial charge in [-0.05, 0) is 34.9 Å². The normalized spacial score (nSPS) is 17.0. The first-order chi connectivity index (χ1) is 13.0. The molecule has 0 spiro atoms. The number of hydrogen-bond donors (Lipinski definition) is 1. The Morgan fingerprint density at radius 2 is 2.00 bits per heavy atom. The van der Waals surface area contributed by atoms with Gasteiger partial charge in [0.2, 0.25) is 5.82 Å². The van der Waals surface area contributed by atoms with Crippen LogP contribution in [0.2, 0.25) is 0 Å². The largest absolute Gasteiger partial charge is 0.459 e. The molecule has 2 aromatic rings. The third kappa shape index (κ3) is 4.55. The summed E-state index contributed by atoms with van der Waals surface area (Å²) in [4.78, 5) is 15.8. The molecule has 1 amide bonds. The standard InChI is InChI=1S/C19H30N6O2/c1-14(2)7-8-25-18(20-21-22-25)17(15(3)4)23-9-11-24(12-10-23)19(26)16-6-5-13-27-16/h5-6,13-15,17H,7-12H2,1-4H3/p+1/t17-/m0/s1. The van der Waals surface area contributed by atoms with Crippen molar-refractivity contribution >= 4 is 5.91 Å². The van der Waals surface area contributed by atoms with Crippen LogP contribution in [-0.4, -0.2) is 57.2 Å². The third-order valence-electron chi connectivity index (χ3n) is 5.29. The summed E-state index contributed by atoms with van der Waals surface area (Å²) >= 11 is 0. The Morgan fingerprint density at radius 3 is 2.59 bits per heavy atom. The highest BCUT2D eigenvalue weighted by molar-refractivity contribution is 5.91. The maximum atomic E-state index is 12.5. The molecule has 1 aliphatic rings. The Kier molecular flexibility index (Phi) is 6.26. The zero-order valence-electron chi connectivity index (χ0n) is 16.8. The molecular formula is C19H31N6O2+. The summed E-state index contributed by atoms with van der Waals surface area (Å²) in [5.41, 5.74) is 0. The maximum absolute atomic E-state index is 12.5. The predicted octanol–water partition coefficient (Wildman–Crippen LogP) is 1.05. The Morgan fingerprint density at radius 1 is 1.26 bits per heavy atom. The Labute approximate surface area is 160 Å². The van der Waals surface area contributed by atoms with E-state index in [2.05, 4.69) is 43.2 Å². The van der Waals surface area contributed by atoms with Crippen LogP contribution in [0.1, 0.15) is 56.5 Å². The number of nitrogens with one attached hydrogen (secondary N) is 1. The summed E-state index contributed by atoms with van der Waals surface area (Å²) in [5, 5.41) is 12.5. The first-order valence-corrected chi connectivity index (χ1v) is 9.90. The summed E-state index contributed by atoms with van der Waals surface area (Å²) in [6.07, 6.45) is 2.60. The van der Waals surface area contributed by atoms with Crippen molar-refractivity contribution in [2.75, 3.05) is 26.2 Å². The minimum atomic E-state index is -0.0260. The van der Waals surface area contributed by atoms with Gasteiger partial charge in [-0.1, -0.05) is 27.7 Å². The molecule has 1 aliphatic heterocycles. The zero-order valence-corrected chi connectivity index (χ0v) is 16.8. The van der Waals surface area contributed by atoms with Gasteiger partial charge in [-0.2, -0.15) is 0 Å². The molecule has 3 rings (SSSR count). The first kappa shape index (κ1) is 19.5. The molecular weight excluding hydrogens is 344 g/mol. The fraction of sp³-hybridized carbons (Fsp3) is 0.684. The third-order valence-corrected chi connectivity index (χ3v) is 5.29. The fourth-order valence-electron chi connectivity index (χ4n) is 3.79. The lowest BCUT2D eigenvalue weighted by molar-refractivity contribution is -0.940. The summed E-state index contributed by atoms with van der Waals surface area (Å²) < 4.78 is 7.22. The second-order valence-electron chi connectivity index (χ2n) is 8.09. The number of piperazine rings is 1. The van der Waals surface area contributed by atoms with E-state index in [0.717, 1.165) is 31.9 Å². The molecule has 1 atom stereocenters. The molecule has 148 valence electrons. The zero-order chi connectivity index (χ0) is 19.4. The van der Waals surface area contributed by atoms with Crippen molar-refractivity contribution in [2.45, 2.75) is 46.7 Å². The predicted molar refractivity (Wildman–Crippen MR) is 100 cm³/mol. The Bertz CT molecular complexity index is 716. The van der Waals surface area contributed by atoms with Gasteiger partial charge in [0.05, 0.1) is 32.4 Å². The van der Waals surface area contributed by atoms with Crippen molar-refractivity contribution in [3.8, 4) is 0 Å². The first-order valence-electron chi connectivity index (χ1n) is 9.90. The molecule has 1 N–H and O–H groups in total. The van der Waals surface area contributed by atoms with Gasteiger partial charge in [0.25, 0.3) is 5.91 Å². The number of carbonyl (C=O) groups excluding carboxylic acids is 1. The van der Waals surface area contributed by atoms with Gasteiger partial charge in [-0.25, -0.2) is 4.68 Å². The number of furan rings is 1. The summed E-state index contributed by atoms with van der Waals surface area (Å²) in [7, 11) is 0. The molecule has 0 aliphatic carbocycles. The van der Waals surface area contributed by atoms with Gasteiger partial charge in [0.15, 0.2) is 11.8 Å². The van der Waals surface area contributed by atoms with Crippen LogP contribution in [0.3, 0.4) is 0 Å². The van der Waals surface area contributed by atoms with E-state index >= 15 is 0 Å². The van der Waals surface area contributed by atoms with Crippen LogP contribution in [0.25, 0.3) is 0 Å². The molecule has 0 aromatic carbocycles. The van der Waals surface area contributed by atoms with Crippen molar-refractivity contribution in [3.63, 3.8) is 0 Å². The van der Waals surface area contributed by atoms with E-state index in [1.165, 1.54) is 4.90 Å². The molecule has 27 heavy (non-hydrogen) atoms. The van der Waals surface area contributed by atoms with Crippen LogP contribution in [0, 0.1) is 11.8 Å². The highest BCUT2D eigenvalue weighted by Gasteiger charge is 2.36. The van der Waals surface area contributed by atoms with Gasteiger partial charge in [-0.15, -0.1) is 5.10 Å². The number of rotatable bonds is 7. The van der Waals surface area contributed by atoms with Crippen molar-refractivity contribution in [1.29, 1.82) is 0 Å². The van der Waals surface area contributed by atoms with Crippen LogP contribution < -0.4 is 4.90 Å². The summed E-state index contributed by atoms with van der Waals surface area (Å²) in [6, 6.07) is 3.70. The molecule has 0 saturated carbocycles. The lowest BCUT2D eigenvalue weighted by atomic mass is 10.0. The fourth-order valence-corrected chi connectivity index (χ4v) is 3.79. The van der Waals surface area contributed by atoms with Gasteiger partial charge in [0.1, 0.15) is 0 Å². The second-order valence-corrected chi connectivity index (χ2v) is 8.09.